The molecule has 0 spiro atoms. The fourth-order valence-electron chi connectivity index (χ4n) is 5.34. The summed E-state index contributed by atoms with van der Waals surface area (Å²) in [5.41, 5.74) is 1.77. The lowest BCUT2D eigenvalue weighted by Gasteiger charge is -2.27. The second kappa shape index (κ2) is 7.74. The molecule has 1 aromatic heterocycles. The molecule has 35 heavy (non-hydrogen) atoms. The van der Waals surface area contributed by atoms with Crippen molar-refractivity contribution in [1.82, 2.24) is 19.4 Å². The van der Waals surface area contributed by atoms with Crippen molar-refractivity contribution in [2.24, 2.45) is 0 Å². The van der Waals surface area contributed by atoms with Crippen molar-refractivity contribution >= 4 is 16.8 Å². The highest BCUT2D eigenvalue weighted by Gasteiger charge is 2.49. The smallest absolute Gasteiger partial charge is 0.336 e. The summed E-state index contributed by atoms with van der Waals surface area (Å²) >= 11 is 0. The number of nitrogens with one attached hydrogen (secondary N) is 1. The summed E-state index contributed by atoms with van der Waals surface area (Å²) < 4.78 is 16.0. The standard InChI is InChI=1S/C26H20FN5O3/c27-17-8-5-15(6-9-17)13-29-25(34)30-14-18-11-22(30)23-24(33)32(26(35)31(18)23)21-10-7-16(12-28)19-3-1-2-4-20(19)21/h1-10,18,22,33H,11,13-14H2,(H,29,34)/t18-,22-/m0/s1. The van der Waals surface area contributed by atoms with Crippen LogP contribution in [0.3, 0.4) is 0 Å². The van der Waals surface area contributed by atoms with Gasteiger partial charge in [0.25, 0.3) is 0 Å². The molecule has 3 aromatic carbocycles. The van der Waals surface area contributed by atoms with Gasteiger partial charge in [0, 0.05) is 23.9 Å². The van der Waals surface area contributed by atoms with Crippen LogP contribution in [0.25, 0.3) is 16.5 Å². The summed E-state index contributed by atoms with van der Waals surface area (Å²) in [6.45, 7) is 0.592. The summed E-state index contributed by atoms with van der Waals surface area (Å²) in [5, 5.41) is 24.9. The first-order valence-electron chi connectivity index (χ1n) is 11.2. The molecule has 8 nitrogen and oxygen atoms in total. The average molecular weight is 469 g/mol. The van der Waals surface area contributed by atoms with E-state index in [2.05, 4.69) is 11.4 Å². The largest absolute Gasteiger partial charge is 0.493 e. The molecule has 6 rings (SSSR count). The molecular formula is C26H20FN5O3. The van der Waals surface area contributed by atoms with E-state index in [4.69, 9.17) is 0 Å². The predicted octanol–water partition coefficient (Wildman–Crippen LogP) is 3.72. The van der Waals surface area contributed by atoms with E-state index in [0.717, 1.165) is 5.56 Å². The molecule has 174 valence electrons. The molecule has 0 unspecified atom stereocenters. The van der Waals surface area contributed by atoms with Crippen molar-refractivity contribution in [1.29, 1.82) is 5.26 Å². The number of aromatic hydroxyl groups is 1. The molecule has 2 atom stereocenters. The van der Waals surface area contributed by atoms with E-state index in [-0.39, 0.29) is 36.0 Å². The summed E-state index contributed by atoms with van der Waals surface area (Å²) in [6.07, 6.45) is 0.553. The molecule has 4 aromatic rings. The number of carbonyl (C=O) groups is 1. The molecule has 1 fully saturated rings. The minimum absolute atomic E-state index is 0.201. The van der Waals surface area contributed by atoms with Crippen LogP contribution in [-0.2, 0) is 6.54 Å². The van der Waals surface area contributed by atoms with Crippen molar-refractivity contribution in [3.8, 4) is 17.6 Å². The SMILES string of the molecule is N#Cc1ccc(-n2c(O)c3n(c2=O)[C@H]2C[C@@H]3N(C(=O)NCc3ccc(F)cc3)C2)c2ccccc12. The summed E-state index contributed by atoms with van der Waals surface area (Å²) in [6, 6.07) is 17.6. The first-order valence-corrected chi connectivity index (χ1v) is 11.2. The van der Waals surface area contributed by atoms with Crippen LogP contribution in [0.5, 0.6) is 5.88 Å². The number of likely N-dealkylation sites (tertiary alicyclic amines) is 1. The Morgan fingerprint density at radius 3 is 2.60 bits per heavy atom. The lowest BCUT2D eigenvalue weighted by atomic mass is 10.0. The molecule has 3 heterocycles. The number of hydrogen-bond donors (Lipinski definition) is 2. The molecule has 9 heteroatoms. The number of aromatic nitrogens is 2. The minimum Gasteiger partial charge on any atom is -0.493 e. The highest BCUT2D eigenvalue weighted by molar-refractivity contribution is 5.94. The minimum atomic E-state index is -0.438. The predicted molar refractivity (Wildman–Crippen MR) is 126 cm³/mol. The first kappa shape index (κ1) is 21.0. The monoisotopic (exact) mass is 469 g/mol. The lowest BCUT2D eigenvalue weighted by Crippen LogP contribution is -2.43. The molecule has 2 aliphatic heterocycles. The second-order valence-electron chi connectivity index (χ2n) is 8.83. The van der Waals surface area contributed by atoms with E-state index in [1.807, 2.05) is 18.2 Å². The Morgan fingerprint density at radius 1 is 1.11 bits per heavy atom. The van der Waals surface area contributed by atoms with E-state index >= 15 is 0 Å². The number of benzene rings is 3. The zero-order chi connectivity index (χ0) is 24.3. The molecule has 0 saturated carbocycles. The Kier molecular flexibility index (Phi) is 4.64. The molecular weight excluding hydrogens is 449 g/mol. The Balaban J connectivity index is 1.34. The third-order valence-corrected chi connectivity index (χ3v) is 6.94. The Hall–Kier alpha value is -4.58. The van der Waals surface area contributed by atoms with Crippen LogP contribution in [0.1, 0.15) is 35.3 Å². The number of nitrogens with zero attached hydrogens (tertiary/aromatic N) is 4. The zero-order valence-electron chi connectivity index (χ0n) is 18.5. The van der Waals surface area contributed by atoms with Crippen LogP contribution in [0, 0.1) is 17.1 Å². The third-order valence-electron chi connectivity index (χ3n) is 6.94. The van der Waals surface area contributed by atoms with E-state index in [1.165, 1.54) is 16.7 Å². The Labute approximate surface area is 199 Å². The zero-order valence-corrected chi connectivity index (χ0v) is 18.5. The number of fused-ring (bicyclic) bond motifs is 6. The van der Waals surface area contributed by atoms with E-state index in [0.29, 0.717) is 40.7 Å². The van der Waals surface area contributed by atoms with Gasteiger partial charge in [-0.05, 0) is 36.2 Å². The van der Waals surface area contributed by atoms with Gasteiger partial charge in [-0.1, -0.05) is 36.4 Å². The highest BCUT2D eigenvalue weighted by atomic mass is 19.1. The van der Waals surface area contributed by atoms with Crippen molar-refractivity contribution in [3.63, 3.8) is 0 Å². The highest BCUT2D eigenvalue weighted by Crippen LogP contribution is 2.48. The molecule has 1 saturated heterocycles. The van der Waals surface area contributed by atoms with Crippen molar-refractivity contribution < 1.29 is 14.3 Å². The van der Waals surface area contributed by atoms with Gasteiger partial charge in [0.2, 0.25) is 5.88 Å². The van der Waals surface area contributed by atoms with Gasteiger partial charge in [-0.3, -0.25) is 4.57 Å². The van der Waals surface area contributed by atoms with Gasteiger partial charge in [0.05, 0.1) is 29.4 Å². The number of halogens is 1. The van der Waals surface area contributed by atoms with Gasteiger partial charge in [-0.2, -0.15) is 5.26 Å². The van der Waals surface area contributed by atoms with Crippen LogP contribution >= 0.6 is 0 Å². The molecule has 2 bridgehead atoms. The molecule has 0 radical (unpaired) electrons. The average Bonchev–Trinajstić information content (AvgIpc) is 3.54. The van der Waals surface area contributed by atoms with E-state index in [9.17, 15) is 24.3 Å². The number of imidazole rings is 1. The van der Waals surface area contributed by atoms with Crippen molar-refractivity contribution in [2.75, 3.05) is 6.54 Å². The fraction of sp³-hybridized carbons (Fsp3) is 0.192. The van der Waals surface area contributed by atoms with Crippen molar-refractivity contribution in [3.05, 3.63) is 93.8 Å². The fourth-order valence-corrected chi connectivity index (χ4v) is 5.34. The summed E-state index contributed by atoms with van der Waals surface area (Å²) in [7, 11) is 0. The number of hydrogen-bond acceptors (Lipinski definition) is 4. The van der Waals surface area contributed by atoms with Crippen molar-refractivity contribution in [2.45, 2.75) is 25.0 Å². The summed E-state index contributed by atoms with van der Waals surface area (Å²) in [5.74, 6) is -0.543. The topological polar surface area (TPSA) is 103 Å². The van der Waals surface area contributed by atoms with Crippen LogP contribution < -0.4 is 11.0 Å². The number of carbonyl (C=O) groups excluding carboxylic acids is 1. The van der Waals surface area contributed by atoms with Gasteiger partial charge in [0.15, 0.2) is 0 Å². The molecule has 0 aliphatic carbocycles. The van der Waals surface area contributed by atoms with E-state index in [1.54, 1.807) is 39.8 Å². The van der Waals surface area contributed by atoms with Gasteiger partial charge in [-0.15, -0.1) is 0 Å². The maximum atomic E-state index is 13.4. The molecule has 2 N–H and O–H groups in total. The normalized spacial score (nSPS) is 18.0. The molecule has 2 amide bonds. The number of amides is 2. The second-order valence-corrected chi connectivity index (χ2v) is 8.83. The van der Waals surface area contributed by atoms with Crippen LogP contribution in [-0.4, -0.2) is 31.7 Å². The maximum Gasteiger partial charge on any atom is 0.336 e. The number of urea groups is 1. The van der Waals surface area contributed by atoms with Crippen LogP contribution in [0.15, 0.2) is 65.5 Å². The Morgan fingerprint density at radius 2 is 1.86 bits per heavy atom. The molecule has 2 aliphatic rings. The van der Waals surface area contributed by atoms with Gasteiger partial charge in [0.1, 0.15) is 11.5 Å². The quantitative estimate of drug-likeness (QED) is 0.477. The van der Waals surface area contributed by atoms with Gasteiger partial charge >= 0.3 is 11.7 Å². The van der Waals surface area contributed by atoms with E-state index < -0.39 is 6.04 Å². The first-order chi connectivity index (χ1) is 17.0. The van der Waals surface area contributed by atoms with Gasteiger partial charge < -0.3 is 15.3 Å². The lowest BCUT2D eigenvalue weighted by molar-refractivity contribution is 0.184. The maximum absolute atomic E-state index is 13.4. The van der Waals surface area contributed by atoms with Crippen LogP contribution in [0.2, 0.25) is 0 Å². The summed E-state index contributed by atoms with van der Waals surface area (Å²) in [4.78, 5) is 28.0. The van der Waals surface area contributed by atoms with Gasteiger partial charge in [-0.25, -0.2) is 18.5 Å². The third kappa shape index (κ3) is 3.10. The number of nitriles is 1. The number of rotatable bonds is 3. The van der Waals surface area contributed by atoms with Crippen LogP contribution in [0.4, 0.5) is 9.18 Å². The Bertz CT molecular complexity index is 1600.